The fraction of sp³-hybridized carbons (Fsp3) is 0.143. The minimum atomic E-state index is -0.282. The van der Waals surface area contributed by atoms with E-state index in [0.29, 0.717) is 17.9 Å². The number of nitrogens with one attached hydrogen (secondary N) is 1. The largest absolute Gasteiger partial charge is 0.493 e. The topological polar surface area (TPSA) is 51.2 Å². The second kappa shape index (κ2) is 5.31. The highest BCUT2D eigenvalue weighted by atomic mass is 35.5. The number of nitrogens with zero attached hydrogens (tertiary/aromatic N) is 1. The lowest BCUT2D eigenvalue weighted by molar-refractivity contribution is 0.102. The van der Waals surface area contributed by atoms with Crippen molar-refractivity contribution in [3.05, 3.63) is 51.8 Å². The molecule has 3 rings (SSSR count). The van der Waals surface area contributed by atoms with Gasteiger partial charge in [0, 0.05) is 18.3 Å². The van der Waals surface area contributed by atoms with Gasteiger partial charge in [-0.15, -0.1) is 0 Å². The van der Waals surface area contributed by atoms with E-state index in [1.54, 1.807) is 6.07 Å². The van der Waals surface area contributed by atoms with Gasteiger partial charge in [-0.25, -0.2) is 4.98 Å². The highest BCUT2D eigenvalue weighted by Gasteiger charge is 2.14. The Kier molecular flexibility index (Phi) is 3.51. The molecule has 0 atom stereocenters. The van der Waals surface area contributed by atoms with E-state index in [4.69, 9.17) is 27.9 Å². The number of ether oxygens (including phenoxy) is 1. The molecule has 1 aromatic heterocycles. The van der Waals surface area contributed by atoms with Crippen molar-refractivity contribution < 1.29 is 9.53 Å². The highest BCUT2D eigenvalue weighted by molar-refractivity contribution is 6.41. The fourth-order valence-corrected chi connectivity index (χ4v) is 2.28. The van der Waals surface area contributed by atoms with E-state index >= 15 is 0 Å². The Morgan fingerprint density at radius 3 is 2.95 bits per heavy atom. The van der Waals surface area contributed by atoms with Crippen LogP contribution in [0.4, 0.5) is 5.69 Å². The number of amides is 1. The molecule has 0 aliphatic carbocycles. The molecule has 1 aliphatic heterocycles. The van der Waals surface area contributed by atoms with Crippen molar-refractivity contribution >= 4 is 34.8 Å². The average Bonchev–Trinajstić information content (AvgIpc) is 2.89. The van der Waals surface area contributed by atoms with Gasteiger partial charge in [-0.1, -0.05) is 23.2 Å². The Hall–Kier alpha value is -1.78. The van der Waals surface area contributed by atoms with Gasteiger partial charge in [-0.2, -0.15) is 0 Å². The molecule has 2 aromatic rings. The van der Waals surface area contributed by atoms with Crippen LogP contribution in [0.5, 0.6) is 5.75 Å². The monoisotopic (exact) mass is 308 g/mol. The van der Waals surface area contributed by atoms with Crippen molar-refractivity contribution in [3.63, 3.8) is 0 Å². The van der Waals surface area contributed by atoms with E-state index in [-0.39, 0.29) is 16.1 Å². The number of anilines is 1. The fourth-order valence-electron chi connectivity index (χ4n) is 2.01. The van der Waals surface area contributed by atoms with Gasteiger partial charge in [-0.3, -0.25) is 4.79 Å². The Balaban J connectivity index is 1.80. The van der Waals surface area contributed by atoms with Gasteiger partial charge in [0.25, 0.3) is 5.91 Å². The maximum Gasteiger partial charge on any atom is 0.257 e. The number of carbonyl (C=O) groups is 1. The molecule has 0 saturated carbocycles. The Morgan fingerprint density at radius 2 is 2.15 bits per heavy atom. The summed E-state index contributed by atoms with van der Waals surface area (Å²) >= 11 is 11.6. The molecule has 1 aliphatic rings. The predicted octanol–water partition coefficient (Wildman–Crippen LogP) is 3.58. The number of halogens is 2. The summed E-state index contributed by atoms with van der Waals surface area (Å²) in [6.07, 6.45) is 2.24. The maximum absolute atomic E-state index is 12.1. The molecule has 20 heavy (non-hydrogen) atoms. The first-order valence-corrected chi connectivity index (χ1v) is 6.77. The summed E-state index contributed by atoms with van der Waals surface area (Å²) in [4.78, 5) is 15.9. The SMILES string of the molecule is O=C(Nc1ccc2c(c1)CCO2)c1cnc(Cl)c(Cl)c1. The predicted molar refractivity (Wildman–Crippen MR) is 77.9 cm³/mol. The zero-order valence-electron chi connectivity index (χ0n) is 10.3. The molecule has 4 nitrogen and oxygen atoms in total. The second-order valence-corrected chi connectivity index (χ2v) is 5.14. The lowest BCUT2D eigenvalue weighted by Crippen LogP contribution is -2.12. The summed E-state index contributed by atoms with van der Waals surface area (Å²) in [6.45, 7) is 0.684. The van der Waals surface area contributed by atoms with Crippen molar-refractivity contribution in [3.8, 4) is 5.75 Å². The molecule has 0 fully saturated rings. The third-order valence-corrected chi connectivity index (χ3v) is 3.69. The third-order valence-electron chi connectivity index (χ3n) is 3.01. The van der Waals surface area contributed by atoms with Crippen LogP contribution in [0.1, 0.15) is 15.9 Å². The molecular formula is C14H10Cl2N2O2. The first-order valence-electron chi connectivity index (χ1n) is 6.01. The minimum absolute atomic E-state index is 0.179. The lowest BCUT2D eigenvalue weighted by atomic mass is 10.1. The molecule has 6 heteroatoms. The van der Waals surface area contributed by atoms with Crippen LogP contribution in [0.3, 0.4) is 0 Å². The van der Waals surface area contributed by atoms with E-state index in [0.717, 1.165) is 17.7 Å². The van der Waals surface area contributed by atoms with Gasteiger partial charge < -0.3 is 10.1 Å². The summed E-state index contributed by atoms with van der Waals surface area (Å²) in [5, 5.41) is 3.23. The van der Waals surface area contributed by atoms with E-state index in [2.05, 4.69) is 10.3 Å². The number of fused-ring (bicyclic) bond motifs is 1. The normalized spacial score (nSPS) is 12.7. The summed E-state index contributed by atoms with van der Waals surface area (Å²) in [5.74, 6) is 0.592. The molecule has 0 spiro atoms. The van der Waals surface area contributed by atoms with E-state index in [1.165, 1.54) is 12.3 Å². The van der Waals surface area contributed by atoms with Crippen molar-refractivity contribution in [2.45, 2.75) is 6.42 Å². The number of hydrogen-bond acceptors (Lipinski definition) is 3. The minimum Gasteiger partial charge on any atom is -0.493 e. The number of rotatable bonds is 2. The van der Waals surface area contributed by atoms with E-state index in [1.807, 2.05) is 12.1 Å². The van der Waals surface area contributed by atoms with Gasteiger partial charge in [0.05, 0.1) is 17.2 Å². The number of hydrogen-bond donors (Lipinski definition) is 1. The van der Waals surface area contributed by atoms with Crippen molar-refractivity contribution in [1.82, 2.24) is 4.98 Å². The Labute approximate surface area is 125 Å². The summed E-state index contributed by atoms with van der Waals surface area (Å²) in [6, 6.07) is 7.05. The molecule has 0 saturated heterocycles. The molecule has 1 aromatic carbocycles. The first-order chi connectivity index (χ1) is 9.63. The number of carbonyl (C=O) groups excluding carboxylic acids is 1. The van der Waals surface area contributed by atoms with Crippen LogP contribution in [0.25, 0.3) is 0 Å². The second-order valence-electron chi connectivity index (χ2n) is 4.37. The molecule has 0 bridgehead atoms. The number of pyridine rings is 1. The van der Waals surface area contributed by atoms with Gasteiger partial charge >= 0.3 is 0 Å². The van der Waals surface area contributed by atoms with Crippen LogP contribution < -0.4 is 10.1 Å². The summed E-state index contributed by atoms with van der Waals surface area (Å²) in [7, 11) is 0. The van der Waals surface area contributed by atoms with Gasteiger partial charge in [-0.05, 0) is 29.8 Å². The van der Waals surface area contributed by atoms with Crippen LogP contribution >= 0.6 is 23.2 Å². The molecule has 2 heterocycles. The maximum atomic E-state index is 12.1. The zero-order chi connectivity index (χ0) is 14.1. The molecule has 1 N–H and O–H groups in total. The molecule has 102 valence electrons. The quantitative estimate of drug-likeness (QED) is 0.863. The van der Waals surface area contributed by atoms with Crippen LogP contribution in [0, 0.1) is 0 Å². The molecule has 0 unspecified atom stereocenters. The molecular weight excluding hydrogens is 299 g/mol. The highest BCUT2D eigenvalue weighted by Crippen LogP contribution is 2.28. The lowest BCUT2D eigenvalue weighted by Gasteiger charge is -2.07. The van der Waals surface area contributed by atoms with Crippen molar-refractivity contribution in [1.29, 1.82) is 0 Å². The van der Waals surface area contributed by atoms with E-state index in [9.17, 15) is 4.79 Å². The Bertz CT molecular complexity index is 689. The van der Waals surface area contributed by atoms with Crippen LogP contribution in [0.2, 0.25) is 10.2 Å². The smallest absolute Gasteiger partial charge is 0.257 e. The van der Waals surface area contributed by atoms with E-state index < -0.39 is 0 Å². The summed E-state index contributed by atoms with van der Waals surface area (Å²) in [5.41, 5.74) is 2.16. The van der Waals surface area contributed by atoms with Crippen molar-refractivity contribution in [2.24, 2.45) is 0 Å². The average molecular weight is 309 g/mol. The van der Waals surface area contributed by atoms with Crippen LogP contribution in [-0.4, -0.2) is 17.5 Å². The molecule has 0 radical (unpaired) electrons. The van der Waals surface area contributed by atoms with Crippen molar-refractivity contribution in [2.75, 3.05) is 11.9 Å². The van der Waals surface area contributed by atoms with Gasteiger partial charge in [0.15, 0.2) is 0 Å². The third kappa shape index (κ3) is 2.57. The Morgan fingerprint density at radius 1 is 1.30 bits per heavy atom. The zero-order valence-corrected chi connectivity index (χ0v) is 11.8. The first kappa shape index (κ1) is 13.2. The number of benzene rings is 1. The van der Waals surface area contributed by atoms with Gasteiger partial charge in [0.1, 0.15) is 10.9 Å². The van der Waals surface area contributed by atoms with Crippen LogP contribution in [-0.2, 0) is 6.42 Å². The molecule has 1 amide bonds. The van der Waals surface area contributed by atoms with Gasteiger partial charge in [0.2, 0.25) is 0 Å². The van der Waals surface area contributed by atoms with Crippen LogP contribution in [0.15, 0.2) is 30.5 Å². The standard InChI is InChI=1S/C14H10Cl2N2O2/c15-11-6-9(7-17-13(11)16)14(19)18-10-1-2-12-8(5-10)3-4-20-12/h1-2,5-7H,3-4H2,(H,18,19). The summed E-state index contributed by atoms with van der Waals surface area (Å²) < 4.78 is 5.42. The number of aromatic nitrogens is 1.